The number of nitrogens with zero attached hydrogens (tertiary/aromatic N) is 1. The Balaban J connectivity index is 1.57. The maximum atomic E-state index is 12.1. The van der Waals surface area contributed by atoms with Gasteiger partial charge in [0.15, 0.2) is 0 Å². The number of hydrogen-bond acceptors (Lipinski definition) is 3. The molecule has 0 bridgehead atoms. The molecule has 1 aliphatic carbocycles. The molecule has 114 valence electrons. The average molecular weight is 308 g/mol. The smallest absolute Gasteiger partial charge is 0.230 e. The van der Waals surface area contributed by atoms with E-state index in [1.807, 2.05) is 32.0 Å². The second-order valence-electron chi connectivity index (χ2n) is 6.05. The Morgan fingerprint density at radius 3 is 2.43 bits per heavy atom. The zero-order valence-corrected chi connectivity index (χ0v) is 13.1. The van der Waals surface area contributed by atoms with Gasteiger partial charge in [0.2, 0.25) is 15.9 Å². The third kappa shape index (κ3) is 2.82. The van der Waals surface area contributed by atoms with Gasteiger partial charge in [0.25, 0.3) is 0 Å². The Morgan fingerprint density at radius 2 is 1.86 bits per heavy atom. The van der Waals surface area contributed by atoms with Crippen molar-refractivity contribution in [3.63, 3.8) is 0 Å². The summed E-state index contributed by atoms with van der Waals surface area (Å²) >= 11 is 0. The molecule has 1 aliphatic heterocycles. The first-order valence-electron chi connectivity index (χ1n) is 7.25. The molecule has 1 heterocycles. The lowest BCUT2D eigenvalue weighted by molar-refractivity contribution is -0.122. The number of nitrogens with one attached hydrogen (secondary N) is 1. The Hall–Kier alpha value is -1.40. The van der Waals surface area contributed by atoms with Crippen LogP contribution in [0.15, 0.2) is 18.2 Å². The van der Waals surface area contributed by atoms with Gasteiger partial charge in [-0.1, -0.05) is 6.07 Å². The van der Waals surface area contributed by atoms with Gasteiger partial charge in [0, 0.05) is 18.8 Å². The van der Waals surface area contributed by atoms with Crippen molar-refractivity contribution in [2.24, 2.45) is 5.92 Å². The topological polar surface area (TPSA) is 66.5 Å². The predicted molar refractivity (Wildman–Crippen MR) is 81.6 cm³/mol. The molecule has 0 atom stereocenters. The van der Waals surface area contributed by atoms with Crippen molar-refractivity contribution in [3.8, 4) is 0 Å². The number of aryl methyl sites for hydroxylation is 2. The number of carbonyl (C=O) groups excluding carboxylic acids is 1. The Labute approximate surface area is 125 Å². The molecule has 0 unspecified atom stereocenters. The molecule has 2 aliphatic rings. The first-order chi connectivity index (χ1) is 9.88. The molecule has 1 saturated carbocycles. The van der Waals surface area contributed by atoms with E-state index in [9.17, 15) is 13.2 Å². The summed E-state index contributed by atoms with van der Waals surface area (Å²) in [7, 11) is -3.13. The molecule has 21 heavy (non-hydrogen) atoms. The monoisotopic (exact) mass is 308 g/mol. The summed E-state index contributed by atoms with van der Waals surface area (Å²) < 4.78 is 25.4. The zero-order valence-electron chi connectivity index (χ0n) is 12.3. The minimum Gasteiger partial charge on any atom is -0.326 e. The van der Waals surface area contributed by atoms with E-state index in [1.54, 1.807) is 0 Å². The Bertz CT molecular complexity index is 674. The second-order valence-corrected chi connectivity index (χ2v) is 8.26. The van der Waals surface area contributed by atoms with Gasteiger partial charge in [-0.05, 0) is 49.9 Å². The lowest BCUT2D eigenvalue weighted by Gasteiger charge is -2.37. The number of carbonyl (C=O) groups is 1. The van der Waals surface area contributed by atoms with E-state index in [0.29, 0.717) is 13.1 Å². The van der Waals surface area contributed by atoms with E-state index in [-0.39, 0.29) is 17.1 Å². The minimum atomic E-state index is -3.13. The number of sulfonamides is 1. The van der Waals surface area contributed by atoms with Crippen LogP contribution in [0.25, 0.3) is 0 Å². The van der Waals surface area contributed by atoms with Gasteiger partial charge in [-0.2, -0.15) is 4.31 Å². The molecule has 1 N–H and O–H groups in total. The molecule has 3 rings (SSSR count). The third-order valence-electron chi connectivity index (χ3n) is 4.30. The first kappa shape index (κ1) is 14.5. The lowest BCUT2D eigenvalue weighted by atomic mass is 10.0. The van der Waals surface area contributed by atoms with E-state index in [0.717, 1.165) is 24.1 Å². The number of benzene rings is 1. The Morgan fingerprint density at radius 1 is 1.19 bits per heavy atom. The van der Waals surface area contributed by atoms with E-state index in [2.05, 4.69) is 5.32 Å². The van der Waals surface area contributed by atoms with Crippen molar-refractivity contribution in [3.05, 3.63) is 29.3 Å². The Kier molecular flexibility index (Phi) is 3.53. The highest BCUT2D eigenvalue weighted by Crippen LogP contribution is 2.34. The number of hydrogen-bond donors (Lipinski definition) is 1. The third-order valence-corrected chi connectivity index (χ3v) is 6.63. The summed E-state index contributed by atoms with van der Waals surface area (Å²) in [6.07, 6.45) is 1.52. The van der Waals surface area contributed by atoms with Crippen molar-refractivity contribution < 1.29 is 13.2 Å². The molecule has 1 aromatic carbocycles. The van der Waals surface area contributed by atoms with Crippen LogP contribution >= 0.6 is 0 Å². The fourth-order valence-electron chi connectivity index (χ4n) is 2.45. The number of rotatable bonds is 4. The summed E-state index contributed by atoms with van der Waals surface area (Å²) in [5.41, 5.74) is 3.07. The van der Waals surface area contributed by atoms with E-state index < -0.39 is 10.0 Å². The quantitative estimate of drug-likeness (QED) is 0.920. The molecule has 1 aromatic rings. The van der Waals surface area contributed by atoms with E-state index in [4.69, 9.17) is 0 Å². The molecular weight excluding hydrogens is 288 g/mol. The molecular formula is C15H20N2O3S. The summed E-state index contributed by atoms with van der Waals surface area (Å²) in [6, 6.07) is 5.78. The van der Waals surface area contributed by atoms with Crippen LogP contribution in [0.4, 0.5) is 5.69 Å². The zero-order chi connectivity index (χ0) is 15.2. The maximum Gasteiger partial charge on any atom is 0.230 e. The van der Waals surface area contributed by atoms with Crippen LogP contribution < -0.4 is 5.32 Å². The van der Waals surface area contributed by atoms with Gasteiger partial charge in [0.1, 0.15) is 0 Å². The normalized spacial score (nSPS) is 20.1. The fourth-order valence-corrected chi connectivity index (χ4v) is 4.38. The lowest BCUT2D eigenvalue weighted by Crippen LogP contribution is -2.55. The van der Waals surface area contributed by atoms with Crippen LogP contribution in [0.1, 0.15) is 24.0 Å². The second kappa shape index (κ2) is 5.10. The molecule has 2 fully saturated rings. The molecule has 0 radical (unpaired) electrons. The highest BCUT2D eigenvalue weighted by molar-refractivity contribution is 7.90. The van der Waals surface area contributed by atoms with Gasteiger partial charge in [-0.3, -0.25) is 4.79 Å². The summed E-state index contributed by atoms with van der Waals surface area (Å²) in [5.74, 6) is -0.333. The van der Waals surface area contributed by atoms with Crippen LogP contribution in [-0.2, 0) is 14.8 Å². The summed E-state index contributed by atoms with van der Waals surface area (Å²) in [6.45, 7) is 4.65. The van der Waals surface area contributed by atoms with E-state index >= 15 is 0 Å². The largest absolute Gasteiger partial charge is 0.326 e. The molecule has 1 saturated heterocycles. The van der Waals surface area contributed by atoms with Crippen molar-refractivity contribution >= 4 is 21.6 Å². The fraction of sp³-hybridized carbons (Fsp3) is 0.533. The molecule has 1 amide bonds. The van der Waals surface area contributed by atoms with Gasteiger partial charge in [-0.15, -0.1) is 0 Å². The summed E-state index contributed by atoms with van der Waals surface area (Å²) in [5, 5.41) is 2.68. The molecule has 0 spiro atoms. The summed E-state index contributed by atoms with van der Waals surface area (Å²) in [4.78, 5) is 12.1. The predicted octanol–water partition coefficient (Wildman–Crippen LogP) is 1.67. The number of anilines is 1. The van der Waals surface area contributed by atoms with Gasteiger partial charge < -0.3 is 5.32 Å². The van der Waals surface area contributed by atoms with Crippen molar-refractivity contribution in [2.75, 3.05) is 18.4 Å². The average Bonchev–Trinajstić information content (AvgIpc) is 3.15. The molecule has 6 heteroatoms. The van der Waals surface area contributed by atoms with Crippen molar-refractivity contribution in [1.29, 1.82) is 0 Å². The number of amides is 1. The van der Waals surface area contributed by atoms with Crippen LogP contribution in [0.2, 0.25) is 0 Å². The van der Waals surface area contributed by atoms with Crippen LogP contribution in [0, 0.1) is 19.8 Å². The van der Waals surface area contributed by atoms with Crippen molar-refractivity contribution in [2.45, 2.75) is 31.9 Å². The first-order valence-corrected chi connectivity index (χ1v) is 8.75. The van der Waals surface area contributed by atoms with Gasteiger partial charge in [-0.25, -0.2) is 8.42 Å². The van der Waals surface area contributed by atoms with Gasteiger partial charge >= 0.3 is 0 Å². The highest BCUT2D eigenvalue weighted by atomic mass is 32.2. The van der Waals surface area contributed by atoms with Gasteiger partial charge in [0.05, 0.1) is 11.2 Å². The highest BCUT2D eigenvalue weighted by Gasteiger charge is 2.46. The van der Waals surface area contributed by atoms with Crippen molar-refractivity contribution in [1.82, 2.24) is 4.31 Å². The minimum absolute atomic E-state index is 0.0968. The van der Waals surface area contributed by atoms with Crippen LogP contribution in [0.5, 0.6) is 0 Å². The van der Waals surface area contributed by atoms with Crippen LogP contribution in [0.3, 0.4) is 0 Å². The standard InChI is InChI=1S/C15H20N2O3S/c1-10-3-4-13(7-11(10)2)16-15(18)12-8-17(9-12)21(19,20)14-5-6-14/h3-4,7,12,14H,5-6,8-9H2,1-2H3,(H,16,18). The van der Waals surface area contributed by atoms with Crippen LogP contribution in [-0.4, -0.2) is 37.0 Å². The van der Waals surface area contributed by atoms with E-state index in [1.165, 1.54) is 9.87 Å². The molecule has 5 nitrogen and oxygen atoms in total. The SMILES string of the molecule is Cc1ccc(NC(=O)C2CN(S(=O)(=O)C3CC3)C2)cc1C. The maximum absolute atomic E-state index is 12.1. The molecule has 0 aromatic heterocycles.